The summed E-state index contributed by atoms with van der Waals surface area (Å²) in [7, 11) is 1.82. The molecule has 0 spiro atoms. The van der Waals surface area contributed by atoms with Crippen molar-refractivity contribution in [2.24, 2.45) is 0 Å². The summed E-state index contributed by atoms with van der Waals surface area (Å²) in [5.74, 6) is -0.110. The summed E-state index contributed by atoms with van der Waals surface area (Å²) in [4.78, 5) is 15.8. The highest BCUT2D eigenvalue weighted by atomic mass is 32.2. The van der Waals surface area contributed by atoms with Crippen molar-refractivity contribution in [3.8, 4) is 0 Å². The van der Waals surface area contributed by atoms with Crippen LogP contribution in [0.4, 0.5) is 5.69 Å². The maximum atomic E-state index is 11.7. The van der Waals surface area contributed by atoms with E-state index in [0.717, 1.165) is 12.1 Å². The van der Waals surface area contributed by atoms with E-state index in [1.165, 1.54) is 0 Å². The highest BCUT2D eigenvalue weighted by molar-refractivity contribution is 7.99. The van der Waals surface area contributed by atoms with Crippen LogP contribution in [0.25, 0.3) is 0 Å². The molecule has 17 heavy (non-hydrogen) atoms. The van der Waals surface area contributed by atoms with E-state index in [0.29, 0.717) is 17.5 Å². The van der Waals surface area contributed by atoms with Gasteiger partial charge in [0.2, 0.25) is 0 Å². The molecule has 0 aliphatic rings. The second kappa shape index (κ2) is 7.17. The van der Waals surface area contributed by atoms with E-state index in [1.807, 2.05) is 13.1 Å². The number of carbonyl (C=O) groups excluding carboxylic acids is 1. The molecule has 0 aliphatic carbocycles. The van der Waals surface area contributed by atoms with E-state index in [-0.39, 0.29) is 5.91 Å². The molecule has 0 saturated carbocycles. The van der Waals surface area contributed by atoms with Gasteiger partial charge in [0.25, 0.3) is 5.91 Å². The number of amides is 1. The van der Waals surface area contributed by atoms with E-state index in [2.05, 4.69) is 28.8 Å². The molecule has 2 N–H and O–H groups in total. The molecule has 1 unspecified atom stereocenters. The molecular weight excluding hydrogens is 234 g/mol. The Morgan fingerprint density at radius 1 is 1.53 bits per heavy atom. The first kappa shape index (κ1) is 13.8. The standard InChI is InChI=1S/C12H19N3OS/c1-9(17-3)6-7-14-12(16)11-5-4-10(13-2)8-15-11/h4-5,8-9,13H,6-7H2,1-3H3,(H,14,16). The van der Waals surface area contributed by atoms with Gasteiger partial charge < -0.3 is 10.6 Å². The first-order chi connectivity index (χ1) is 8.17. The molecule has 1 rings (SSSR count). The lowest BCUT2D eigenvalue weighted by molar-refractivity contribution is 0.0948. The van der Waals surface area contributed by atoms with Gasteiger partial charge in [-0.2, -0.15) is 11.8 Å². The Bertz CT molecular complexity index is 353. The Morgan fingerprint density at radius 2 is 2.29 bits per heavy atom. The number of hydrogen-bond donors (Lipinski definition) is 2. The van der Waals surface area contributed by atoms with Gasteiger partial charge in [-0.15, -0.1) is 0 Å². The van der Waals surface area contributed by atoms with E-state index in [9.17, 15) is 4.79 Å². The highest BCUT2D eigenvalue weighted by Crippen LogP contribution is 2.08. The van der Waals surface area contributed by atoms with Crippen LogP contribution in [0.5, 0.6) is 0 Å². The van der Waals surface area contributed by atoms with Crippen LogP contribution in [0.3, 0.4) is 0 Å². The number of rotatable bonds is 6. The molecule has 1 aromatic rings. The molecular formula is C12H19N3OS. The predicted octanol–water partition coefficient (Wildman–Crippen LogP) is 1.99. The second-order valence-corrected chi connectivity index (χ2v) is 5.05. The van der Waals surface area contributed by atoms with Gasteiger partial charge in [0.05, 0.1) is 11.9 Å². The maximum absolute atomic E-state index is 11.7. The summed E-state index contributed by atoms with van der Waals surface area (Å²) < 4.78 is 0. The topological polar surface area (TPSA) is 54.0 Å². The van der Waals surface area contributed by atoms with E-state index in [4.69, 9.17) is 0 Å². The van der Waals surface area contributed by atoms with Crippen LogP contribution in [-0.2, 0) is 0 Å². The van der Waals surface area contributed by atoms with Crippen LogP contribution in [0, 0.1) is 0 Å². The van der Waals surface area contributed by atoms with Gasteiger partial charge in [0, 0.05) is 18.8 Å². The number of carbonyl (C=O) groups is 1. The van der Waals surface area contributed by atoms with Crippen molar-refractivity contribution in [3.05, 3.63) is 24.0 Å². The fraction of sp³-hybridized carbons (Fsp3) is 0.500. The van der Waals surface area contributed by atoms with Crippen molar-refractivity contribution >= 4 is 23.4 Å². The number of nitrogens with one attached hydrogen (secondary N) is 2. The largest absolute Gasteiger partial charge is 0.387 e. The molecule has 94 valence electrons. The quantitative estimate of drug-likeness (QED) is 0.814. The lowest BCUT2D eigenvalue weighted by Gasteiger charge is -2.09. The van der Waals surface area contributed by atoms with Gasteiger partial charge in [0.15, 0.2) is 0 Å². The number of pyridine rings is 1. The van der Waals surface area contributed by atoms with Crippen molar-refractivity contribution in [1.29, 1.82) is 0 Å². The molecule has 0 radical (unpaired) electrons. The molecule has 0 fully saturated rings. The Morgan fingerprint density at radius 3 is 2.82 bits per heavy atom. The van der Waals surface area contributed by atoms with Crippen LogP contribution < -0.4 is 10.6 Å². The van der Waals surface area contributed by atoms with Gasteiger partial charge in [-0.05, 0) is 24.8 Å². The summed E-state index contributed by atoms with van der Waals surface area (Å²) in [6.45, 7) is 2.84. The third-order valence-corrected chi connectivity index (χ3v) is 3.56. The van der Waals surface area contributed by atoms with Crippen molar-refractivity contribution in [3.63, 3.8) is 0 Å². The van der Waals surface area contributed by atoms with E-state index >= 15 is 0 Å². The Labute approximate surface area is 107 Å². The third-order valence-electron chi connectivity index (χ3n) is 2.52. The Hall–Kier alpha value is -1.23. The molecule has 1 heterocycles. The molecule has 0 saturated heterocycles. The lowest BCUT2D eigenvalue weighted by atomic mass is 10.3. The zero-order valence-electron chi connectivity index (χ0n) is 10.5. The Balaban J connectivity index is 2.41. The molecule has 1 aromatic heterocycles. The molecule has 0 aromatic carbocycles. The van der Waals surface area contributed by atoms with Crippen LogP contribution >= 0.6 is 11.8 Å². The smallest absolute Gasteiger partial charge is 0.269 e. The average molecular weight is 253 g/mol. The predicted molar refractivity (Wildman–Crippen MR) is 73.7 cm³/mol. The molecule has 5 heteroatoms. The minimum Gasteiger partial charge on any atom is -0.387 e. The van der Waals surface area contributed by atoms with E-state index in [1.54, 1.807) is 24.0 Å². The number of nitrogens with zero attached hydrogens (tertiary/aromatic N) is 1. The monoisotopic (exact) mass is 253 g/mol. The van der Waals surface area contributed by atoms with Gasteiger partial charge >= 0.3 is 0 Å². The molecule has 0 bridgehead atoms. The van der Waals surface area contributed by atoms with Crippen LogP contribution in [0.1, 0.15) is 23.8 Å². The molecule has 4 nitrogen and oxygen atoms in total. The second-order valence-electron chi connectivity index (χ2n) is 3.77. The first-order valence-electron chi connectivity index (χ1n) is 5.62. The van der Waals surface area contributed by atoms with Crippen LogP contribution in [0.15, 0.2) is 18.3 Å². The summed E-state index contributed by atoms with van der Waals surface area (Å²) >= 11 is 1.80. The number of hydrogen-bond acceptors (Lipinski definition) is 4. The molecule has 0 aliphatic heterocycles. The molecule has 1 atom stereocenters. The Kier molecular flexibility index (Phi) is 5.83. The minimum atomic E-state index is -0.110. The maximum Gasteiger partial charge on any atom is 0.269 e. The number of aromatic nitrogens is 1. The summed E-state index contributed by atoms with van der Waals surface area (Å²) in [5, 5.41) is 6.39. The summed E-state index contributed by atoms with van der Waals surface area (Å²) in [6.07, 6.45) is 4.70. The van der Waals surface area contributed by atoms with Crippen molar-refractivity contribution in [2.45, 2.75) is 18.6 Å². The van der Waals surface area contributed by atoms with Crippen LogP contribution in [-0.4, -0.2) is 36.0 Å². The zero-order chi connectivity index (χ0) is 12.7. The SMILES string of the molecule is CNc1ccc(C(=O)NCCC(C)SC)nc1. The summed E-state index contributed by atoms with van der Waals surface area (Å²) in [6, 6.07) is 3.56. The third kappa shape index (κ3) is 4.65. The van der Waals surface area contributed by atoms with Gasteiger partial charge in [-0.1, -0.05) is 6.92 Å². The fourth-order valence-corrected chi connectivity index (χ4v) is 1.63. The van der Waals surface area contributed by atoms with Gasteiger partial charge in [-0.3, -0.25) is 4.79 Å². The highest BCUT2D eigenvalue weighted by Gasteiger charge is 2.07. The lowest BCUT2D eigenvalue weighted by Crippen LogP contribution is -2.26. The normalized spacial score (nSPS) is 11.9. The van der Waals surface area contributed by atoms with E-state index < -0.39 is 0 Å². The molecule has 1 amide bonds. The van der Waals surface area contributed by atoms with Crippen LogP contribution in [0.2, 0.25) is 0 Å². The number of thioether (sulfide) groups is 1. The van der Waals surface area contributed by atoms with Crippen molar-refractivity contribution in [2.75, 3.05) is 25.2 Å². The van der Waals surface area contributed by atoms with Crippen molar-refractivity contribution < 1.29 is 4.79 Å². The minimum absolute atomic E-state index is 0.110. The average Bonchev–Trinajstić information content (AvgIpc) is 2.38. The van der Waals surface area contributed by atoms with Crippen molar-refractivity contribution in [1.82, 2.24) is 10.3 Å². The van der Waals surface area contributed by atoms with Gasteiger partial charge in [-0.25, -0.2) is 4.98 Å². The fourth-order valence-electron chi connectivity index (χ4n) is 1.27. The van der Waals surface area contributed by atoms with Gasteiger partial charge in [0.1, 0.15) is 5.69 Å². The zero-order valence-corrected chi connectivity index (χ0v) is 11.3. The summed E-state index contributed by atoms with van der Waals surface area (Å²) in [5.41, 5.74) is 1.36. The number of anilines is 1. The first-order valence-corrected chi connectivity index (χ1v) is 6.91.